The molecule has 0 aliphatic carbocycles. The Balaban J connectivity index is 0. The van der Waals surface area contributed by atoms with Crippen molar-refractivity contribution >= 4 is 10.4 Å². The van der Waals surface area contributed by atoms with Crippen LogP contribution in [0, 0.1) is 0 Å². The molecule has 7 heteroatoms. The van der Waals surface area contributed by atoms with E-state index in [0.717, 1.165) is 24.1 Å². The Morgan fingerprint density at radius 1 is 1.18 bits per heavy atom. The van der Waals surface area contributed by atoms with Gasteiger partial charge in [0.15, 0.2) is 0 Å². The van der Waals surface area contributed by atoms with Crippen LogP contribution in [0.2, 0.25) is 0 Å². The number of rotatable bonds is 6. The average molecular weight is 270 g/mol. The van der Waals surface area contributed by atoms with E-state index in [0.29, 0.717) is 0 Å². The first-order chi connectivity index (χ1) is 7.69. The van der Waals surface area contributed by atoms with Gasteiger partial charge < -0.3 is 9.04 Å². The van der Waals surface area contributed by atoms with Gasteiger partial charge in [0.1, 0.15) is 6.17 Å². The van der Waals surface area contributed by atoms with Crippen LogP contribution in [-0.4, -0.2) is 49.9 Å². The van der Waals surface area contributed by atoms with E-state index in [2.05, 4.69) is 31.9 Å². The van der Waals surface area contributed by atoms with Crippen LogP contribution in [0.4, 0.5) is 0 Å². The zero-order chi connectivity index (χ0) is 14.1. The quantitative estimate of drug-likeness (QED) is 0.331. The third kappa shape index (κ3) is 8.50. The van der Waals surface area contributed by atoms with Crippen LogP contribution < -0.4 is 5.73 Å². The molecule has 2 N–H and O–H groups in total. The summed E-state index contributed by atoms with van der Waals surface area (Å²) in [6, 6.07) is 0. The first-order valence-corrected chi connectivity index (χ1v) is 7.23. The zero-order valence-corrected chi connectivity index (χ0v) is 12.3. The van der Waals surface area contributed by atoms with Gasteiger partial charge in [-0.3, -0.25) is 9.92 Å². The van der Waals surface area contributed by atoms with Crippen molar-refractivity contribution in [2.45, 2.75) is 40.8 Å². The molecule has 0 saturated carbocycles. The van der Waals surface area contributed by atoms with Crippen LogP contribution in [0.25, 0.3) is 0 Å². The molecule has 1 unspecified atom stereocenters. The lowest BCUT2D eigenvalue weighted by Gasteiger charge is -2.39. The molecule has 0 heterocycles. The fourth-order valence-corrected chi connectivity index (χ4v) is 1.97. The van der Waals surface area contributed by atoms with Crippen molar-refractivity contribution in [1.29, 1.82) is 0 Å². The second-order valence-corrected chi connectivity index (χ2v) is 4.77. The molecule has 0 saturated heterocycles. The molecule has 0 aliphatic heterocycles. The average Bonchev–Trinajstić information content (AvgIpc) is 2.20. The van der Waals surface area contributed by atoms with Crippen LogP contribution in [0.15, 0.2) is 0 Å². The summed E-state index contributed by atoms with van der Waals surface area (Å²) in [5.74, 6) is 0. The molecule has 0 rings (SSSR count). The lowest BCUT2D eigenvalue weighted by molar-refractivity contribution is -0.944. The summed E-state index contributed by atoms with van der Waals surface area (Å²) in [5.41, 5.74) is 5.88. The number of quaternary nitrogens is 1. The second kappa shape index (κ2) is 8.82. The van der Waals surface area contributed by atoms with Crippen LogP contribution in [0.1, 0.15) is 34.6 Å². The monoisotopic (exact) mass is 270 g/mol. The molecule has 6 nitrogen and oxygen atoms in total. The van der Waals surface area contributed by atoms with Crippen molar-refractivity contribution in [3.8, 4) is 0 Å². The van der Waals surface area contributed by atoms with E-state index in [1.54, 1.807) is 0 Å². The molecule has 106 valence electrons. The molecule has 0 amide bonds. The van der Waals surface area contributed by atoms with Gasteiger partial charge in [-0.05, 0) is 27.7 Å². The predicted octanol–water partition coefficient (Wildman–Crippen LogP) is 0.651. The fraction of sp³-hybridized carbons (Fsp3) is 1.00. The van der Waals surface area contributed by atoms with E-state index in [-0.39, 0.29) is 12.8 Å². The Hall–Kier alpha value is -0.210. The Labute approximate surface area is 105 Å². The Morgan fingerprint density at radius 2 is 1.53 bits per heavy atom. The summed E-state index contributed by atoms with van der Waals surface area (Å²) in [7, 11) is -4.42. The van der Waals surface area contributed by atoms with E-state index in [4.69, 9.17) is 5.73 Å². The fourth-order valence-electron chi connectivity index (χ4n) is 1.68. The number of nitrogens with zero attached hydrogens (tertiary/aromatic N) is 1. The number of hydrogen-bond acceptors (Lipinski definition) is 5. The van der Waals surface area contributed by atoms with Gasteiger partial charge in [-0.2, -0.15) is 0 Å². The van der Waals surface area contributed by atoms with Crippen LogP contribution in [0.3, 0.4) is 0 Å². The molecule has 1 atom stereocenters. The van der Waals surface area contributed by atoms with E-state index in [9.17, 15) is 13.0 Å². The minimum atomic E-state index is -4.42. The van der Waals surface area contributed by atoms with E-state index in [1.807, 2.05) is 0 Å². The van der Waals surface area contributed by atoms with Gasteiger partial charge in [0.05, 0.1) is 26.2 Å². The first-order valence-electron chi connectivity index (χ1n) is 5.90. The van der Waals surface area contributed by atoms with Crippen molar-refractivity contribution in [1.82, 2.24) is 0 Å². The summed E-state index contributed by atoms with van der Waals surface area (Å²) in [6.07, 6.45) is 0.278. The van der Waals surface area contributed by atoms with Crippen LogP contribution in [-0.2, 0) is 14.6 Å². The number of hydrogen-bond donors (Lipinski definition) is 1. The van der Waals surface area contributed by atoms with Crippen molar-refractivity contribution in [3.05, 3.63) is 0 Å². The van der Waals surface area contributed by atoms with Gasteiger partial charge in [0.2, 0.25) is 10.4 Å². The SMILES string of the molecule is CCOS(=O)(=O)[O-].CC[N+](CC)(CC)C(C)N. The predicted molar refractivity (Wildman–Crippen MR) is 66.9 cm³/mol. The Bertz CT molecular complexity index is 266. The lowest BCUT2D eigenvalue weighted by atomic mass is 10.3. The van der Waals surface area contributed by atoms with Crippen molar-refractivity contribution in [3.63, 3.8) is 0 Å². The molecular weight excluding hydrogens is 244 g/mol. The highest BCUT2D eigenvalue weighted by atomic mass is 32.3. The Kier molecular flexibility index (Phi) is 9.93. The van der Waals surface area contributed by atoms with Gasteiger partial charge in [-0.25, -0.2) is 8.42 Å². The second-order valence-electron chi connectivity index (χ2n) is 3.72. The zero-order valence-electron chi connectivity index (χ0n) is 11.5. The molecule has 0 fully saturated rings. The maximum Gasteiger partial charge on any atom is 0.217 e. The van der Waals surface area contributed by atoms with Gasteiger partial charge >= 0.3 is 0 Å². The topological polar surface area (TPSA) is 92.5 Å². The highest BCUT2D eigenvalue weighted by molar-refractivity contribution is 7.80. The van der Waals surface area contributed by atoms with Gasteiger partial charge in [-0.15, -0.1) is 0 Å². The lowest BCUT2D eigenvalue weighted by Crippen LogP contribution is -2.57. The molecule has 0 aliphatic rings. The minimum Gasteiger partial charge on any atom is -0.726 e. The normalized spacial score (nSPS) is 13.8. The summed E-state index contributed by atoms with van der Waals surface area (Å²) < 4.78 is 33.0. The maximum absolute atomic E-state index is 9.45. The maximum atomic E-state index is 9.45. The summed E-state index contributed by atoms with van der Waals surface area (Å²) in [6.45, 7) is 13.5. The Morgan fingerprint density at radius 3 is 1.53 bits per heavy atom. The van der Waals surface area contributed by atoms with Crippen molar-refractivity contribution in [2.24, 2.45) is 5.73 Å². The van der Waals surface area contributed by atoms with Gasteiger partial charge in [-0.1, -0.05) is 0 Å². The van der Waals surface area contributed by atoms with Crippen molar-refractivity contribution in [2.75, 3.05) is 26.2 Å². The smallest absolute Gasteiger partial charge is 0.217 e. The van der Waals surface area contributed by atoms with Gasteiger partial charge in [0, 0.05) is 6.92 Å². The molecule has 0 aromatic heterocycles. The molecule has 0 aromatic rings. The van der Waals surface area contributed by atoms with Gasteiger partial charge in [0.25, 0.3) is 0 Å². The van der Waals surface area contributed by atoms with Crippen LogP contribution >= 0.6 is 0 Å². The summed E-state index contributed by atoms with van der Waals surface area (Å²) >= 11 is 0. The minimum absolute atomic E-state index is 0.0914. The molecule has 0 spiro atoms. The van der Waals surface area contributed by atoms with E-state index < -0.39 is 10.4 Å². The highest BCUT2D eigenvalue weighted by Crippen LogP contribution is 2.07. The summed E-state index contributed by atoms with van der Waals surface area (Å²) in [5, 5.41) is 0. The third-order valence-electron chi connectivity index (χ3n) is 3.02. The first kappa shape index (κ1) is 19.1. The van der Waals surface area contributed by atoms with Crippen molar-refractivity contribution < 1.29 is 21.6 Å². The number of nitrogens with two attached hydrogens (primary N) is 1. The largest absolute Gasteiger partial charge is 0.726 e. The molecule has 17 heavy (non-hydrogen) atoms. The summed E-state index contributed by atoms with van der Waals surface area (Å²) in [4.78, 5) is 0. The van der Waals surface area contributed by atoms with E-state index in [1.165, 1.54) is 6.92 Å². The molecule has 0 aromatic carbocycles. The molecular formula is C10H26N2O4S. The standard InChI is InChI=1S/C8H21N2.C2H6O4S/c1-5-10(6-2,7-3)8(4)9;1-2-6-7(3,4)5/h8H,5-7,9H2,1-4H3;2H2,1H3,(H,3,4,5)/q+1;/p-1. The van der Waals surface area contributed by atoms with Crippen LogP contribution in [0.5, 0.6) is 0 Å². The highest BCUT2D eigenvalue weighted by Gasteiger charge is 2.24. The molecule has 0 radical (unpaired) electrons. The third-order valence-corrected chi connectivity index (χ3v) is 3.54. The van der Waals surface area contributed by atoms with E-state index >= 15 is 0 Å². The molecule has 0 bridgehead atoms.